The SMILES string of the molecule is C=CCOCCCC(=O)N1CCCC(N)C1. The normalized spacial score (nSPS) is 20.8. The quantitative estimate of drug-likeness (QED) is 0.541. The van der Waals surface area contributed by atoms with Gasteiger partial charge in [-0.05, 0) is 19.3 Å². The van der Waals surface area contributed by atoms with Gasteiger partial charge in [0.2, 0.25) is 5.91 Å². The molecule has 0 bridgehead atoms. The summed E-state index contributed by atoms with van der Waals surface area (Å²) in [7, 11) is 0. The van der Waals surface area contributed by atoms with Crippen LogP contribution in [-0.4, -0.2) is 43.2 Å². The van der Waals surface area contributed by atoms with Crippen molar-refractivity contribution in [3.8, 4) is 0 Å². The Kier molecular flexibility index (Phi) is 6.11. The van der Waals surface area contributed by atoms with Crippen molar-refractivity contribution in [2.75, 3.05) is 26.3 Å². The van der Waals surface area contributed by atoms with Crippen molar-refractivity contribution >= 4 is 5.91 Å². The van der Waals surface area contributed by atoms with Crippen molar-refractivity contribution in [3.63, 3.8) is 0 Å². The molecule has 1 saturated heterocycles. The molecule has 0 aromatic rings. The number of likely N-dealkylation sites (tertiary alicyclic amines) is 1. The summed E-state index contributed by atoms with van der Waals surface area (Å²) in [4.78, 5) is 13.6. The number of ether oxygens (including phenoxy) is 1. The van der Waals surface area contributed by atoms with E-state index in [0.717, 1.165) is 25.8 Å². The summed E-state index contributed by atoms with van der Waals surface area (Å²) in [5.74, 6) is 0.206. The van der Waals surface area contributed by atoms with E-state index in [9.17, 15) is 4.79 Å². The van der Waals surface area contributed by atoms with E-state index in [1.54, 1.807) is 6.08 Å². The van der Waals surface area contributed by atoms with Crippen molar-refractivity contribution in [2.45, 2.75) is 31.7 Å². The highest BCUT2D eigenvalue weighted by molar-refractivity contribution is 5.76. The molecule has 92 valence electrons. The van der Waals surface area contributed by atoms with Crippen LogP contribution < -0.4 is 5.73 Å². The zero-order valence-electron chi connectivity index (χ0n) is 9.86. The van der Waals surface area contributed by atoms with Crippen LogP contribution in [0.5, 0.6) is 0 Å². The predicted octanol–water partition coefficient (Wildman–Crippen LogP) is 0.919. The average molecular weight is 226 g/mol. The van der Waals surface area contributed by atoms with E-state index in [4.69, 9.17) is 10.5 Å². The summed E-state index contributed by atoms with van der Waals surface area (Å²) >= 11 is 0. The molecule has 1 unspecified atom stereocenters. The van der Waals surface area contributed by atoms with Crippen LogP contribution in [0.3, 0.4) is 0 Å². The highest BCUT2D eigenvalue weighted by atomic mass is 16.5. The number of carbonyl (C=O) groups excluding carboxylic acids is 1. The second-order valence-electron chi connectivity index (χ2n) is 4.21. The van der Waals surface area contributed by atoms with Crippen LogP contribution in [0.1, 0.15) is 25.7 Å². The van der Waals surface area contributed by atoms with Gasteiger partial charge in [0, 0.05) is 32.2 Å². The maximum atomic E-state index is 11.8. The number of hydrogen-bond donors (Lipinski definition) is 1. The number of nitrogens with zero attached hydrogens (tertiary/aromatic N) is 1. The lowest BCUT2D eigenvalue weighted by Crippen LogP contribution is -2.45. The summed E-state index contributed by atoms with van der Waals surface area (Å²) in [5, 5.41) is 0. The minimum atomic E-state index is 0.162. The topological polar surface area (TPSA) is 55.6 Å². The minimum absolute atomic E-state index is 0.162. The van der Waals surface area contributed by atoms with E-state index in [-0.39, 0.29) is 11.9 Å². The number of rotatable bonds is 6. The fraction of sp³-hybridized carbons (Fsp3) is 0.750. The third-order valence-electron chi connectivity index (χ3n) is 2.73. The van der Waals surface area contributed by atoms with E-state index in [0.29, 0.717) is 26.2 Å². The smallest absolute Gasteiger partial charge is 0.222 e. The van der Waals surface area contributed by atoms with Gasteiger partial charge in [0.1, 0.15) is 0 Å². The number of piperidine rings is 1. The van der Waals surface area contributed by atoms with Crippen LogP contribution in [0.15, 0.2) is 12.7 Å². The Bertz CT molecular complexity index is 231. The molecule has 1 rings (SSSR count). The highest BCUT2D eigenvalue weighted by Gasteiger charge is 2.20. The molecule has 1 heterocycles. The zero-order chi connectivity index (χ0) is 11.8. The van der Waals surface area contributed by atoms with Gasteiger partial charge in [0.05, 0.1) is 6.61 Å². The molecule has 2 N–H and O–H groups in total. The molecule has 16 heavy (non-hydrogen) atoms. The lowest BCUT2D eigenvalue weighted by molar-refractivity contribution is -0.132. The monoisotopic (exact) mass is 226 g/mol. The first kappa shape index (κ1) is 13.2. The van der Waals surface area contributed by atoms with Gasteiger partial charge in [0.15, 0.2) is 0 Å². The summed E-state index contributed by atoms with van der Waals surface area (Å²) < 4.78 is 5.23. The Morgan fingerprint density at radius 3 is 3.12 bits per heavy atom. The molecule has 0 aromatic carbocycles. The van der Waals surface area contributed by atoms with Gasteiger partial charge in [-0.15, -0.1) is 6.58 Å². The Hall–Kier alpha value is -0.870. The van der Waals surface area contributed by atoms with Gasteiger partial charge in [-0.3, -0.25) is 4.79 Å². The number of amides is 1. The summed E-state index contributed by atoms with van der Waals surface area (Å²) in [6.45, 7) is 6.32. The van der Waals surface area contributed by atoms with Crippen LogP contribution in [-0.2, 0) is 9.53 Å². The van der Waals surface area contributed by atoms with E-state index < -0.39 is 0 Å². The van der Waals surface area contributed by atoms with Crippen LogP contribution in [0, 0.1) is 0 Å². The Morgan fingerprint density at radius 2 is 2.44 bits per heavy atom. The maximum Gasteiger partial charge on any atom is 0.222 e. The first-order valence-corrected chi connectivity index (χ1v) is 5.96. The van der Waals surface area contributed by atoms with Crippen LogP contribution >= 0.6 is 0 Å². The minimum Gasteiger partial charge on any atom is -0.377 e. The first-order valence-electron chi connectivity index (χ1n) is 5.96. The standard InChI is InChI=1S/C12H22N2O2/c1-2-8-16-9-4-6-12(15)14-7-3-5-11(13)10-14/h2,11H,1,3-10,13H2. The molecular formula is C12H22N2O2. The molecule has 1 atom stereocenters. The van der Waals surface area contributed by atoms with E-state index >= 15 is 0 Å². The zero-order valence-corrected chi connectivity index (χ0v) is 9.86. The predicted molar refractivity (Wildman–Crippen MR) is 64.0 cm³/mol. The number of carbonyl (C=O) groups is 1. The molecule has 0 aromatic heterocycles. The third-order valence-corrected chi connectivity index (χ3v) is 2.73. The molecule has 0 aliphatic carbocycles. The van der Waals surface area contributed by atoms with Crippen LogP contribution in [0.2, 0.25) is 0 Å². The lowest BCUT2D eigenvalue weighted by atomic mass is 10.1. The van der Waals surface area contributed by atoms with E-state index in [1.807, 2.05) is 4.90 Å². The molecule has 0 spiro atoms. The number of hydrogen-bond acceptors (Lipinski definition) is 3. The van der Waals surface area contributed by atoms with Crippen molar-refractivity contribution < 1.29 is 9.53 Å². The molecular weight excluding hydrogens is 204 g/mol. The number of nitrogens with two attached hydrogens (primary N) is 1. The fourth-order valence-electron chi connectivity index (χ4n) is 1.89. The summed E-state index contributed by atoms with van der Waals surface area (Å²) in [5.41, 5.74) is 5.83. The molecule has 0 radical (unpaired) electrons. The molecule has 4 heteroatoms. The average Bonchev–Trinajstić information content (AvgIpc) is 2.28. The van der Waals surface area contributed by atoms with E-state index in [1.165, 1.54) is 0 Å². The van der Waals surface area contributed by atoms with Gasteiger partial charge in [-0.2, -0.15) is 0 Å². The molecule has 4 nitrogen and oxygen atoms in total. The molecule has 1 aliphatic heterocycles. The van der Waals surface area contributed by atoms with Gasteiger partial charge >= 0.3 is 0 Å². The second-order valence-corrected chi connectivity index (χ2v) is 4.21. The Balaban J connectivity index is 2.11. The fourth-order valence-corrected chi connectivity index (χ4v) is 1.89. The largest absolute Gasteiger partial charge is 0.377 e. The second kappa shape index (κ2) is 7.41. The van der Waals surface area contributed by atoms with Gasteiger partial charge in [0.25, 0.3) is 0 Å². The first-order chi connectivity index (χ1) is 7.74. The van der Waals surface area contributed by atoms with Crippen LogP contribution in [0.4, 0.5) is 0 Å². The molecule has 1 amide bonds. The van der Waals surface area contributed by atoms with Crippen molar-refractivity contribution in [2.24, 2.45) is 5.73 Å². The molecule has 1 aliphatic rings. The lowest BCUT2D eigenvalue weighted by Gasteiger charge is -2.30. The maximum absolute atomic E-state index is 11.8. The highest BCUT2D eigenvalue weighted by Crippen LogP contribution is 2.10. The summed E-state index contributed by atoms with van der Waals surface area (Å²) in [6.07, 6.45) is 5.11. The van der Waals surface area contributed by atoms with Crippen LogP contribution in [0.25, 0.3) is 0 Å². The third kappa shape index (κ3) is 4.77. The van der Waals surface area contributed by atoms with Crippen molar-refractivity contribution in [3.05, 3.63) is 12.7 Å². The molecule has 1 fully saturated rings. The summed E-state index contributed by atoms with van der Waals surface area (Å²) in [6, 6.07) is 0.162. The van der Waals surface area contributed by atoms with Crippen molar-refractivity contribution in [1.82, 2.24) is 4.90 Å². The van der Waals surface area contributed by atoms with Gasteiger partial charge in [-0.1, -0.05) is 6.08 Å². The molecule has 0 saturated carbocycles. The Labute approximate surface area is 97.4 Å². The van der Waals surface area contributed by atoms with Gasteiger partial charge < -0.3 is 15.4 Å². The van der Waals surface area contributed by atoms with Gasteiger partial charge in [-0.25, -0.2) is 0 Å². The Morgan fingerprint density at radius 1 is 1.62 bits per heavy atom. The van der Waals surface area contributed by atoms with E-state index in [2.05, 4.69) is 6.58 Å². The van der Waals surface area contributed by atoms with Crippen molar-refractivity contribution in [1.29, 1.82) is 0 Å².